The second-order valence-electron chi connectivity index (χ2n) is 6.49. The predicted molar refractivity (Wildman–Crippen MR) is 73.9 cm³/mol. The highest BCUT2D eigenvalue weighted by molar-refractivity contribution is 5.45. The molecule has 0 radical (unpaired) electrons. The standard InChI is InChI=1S/C16H20O4/c1-9(2)5-6-10-7-11-16(14(20-16)13(10)17)8-12(19-11)15(3,4)18/h7,11-14,17-18H,1,8H2,2-4H3/t11-,12+,13-,14+,16-/m0/s1. The van der Waals surface area contributed by atoms with E-state index >= 15 is 0 Å². The van der Waals surface area contributed by atoms with Crippen molar-refractivity contribution in [3.05, 3.63) is 23.8 Å². The molecule has 0 bridgehead atoms. The molecule has 2 heterocycles. The first-order chi connectivity index (χ1) is 9.24. The van der Waals surface area contributed by atoms with Crippen molar-refractivity contribution in [2.45, 2.75) is 62.8 Å². The SMILES string of the molecule is C=C(C)C#CC1=C[C@@H]2O[C@@H](C(C)(C)O)C[C@]23O[C@@H]3[C@H]1O. The summed E-state index contributed by atoms with van der Waals surface area (Å²) in [5, 5.41) is 20.4. The van der Waals surface area contributed by atoms with Crippen molar-refractivity contribution in [3.8, 4) is 11.8 Å². The lowest BCUT2D eigenvalue weighted by Crippen LogP contribution is -2.37. The van der Waals surface area contributed by atoms with Gasteiger partial charge in [-0.3, -0.25) is 0 Å². The Morgan fingerprint density at radius 3 is 2.85 bits per heavy atom. The molecular formula is C16H20O4. The van der Waals surface area contributed by atoms with Crippen LogP contribution in [0.15, 0.2) is 23.8 Å². The second kappa shape index (κ2) is 4.19. The maximum Gasteiger partial charge on any atom is 0.130 e. The van der Waals surface area contributed by atoms with Gasteiger partial charge in [0.1, 0.15) is 23.9 Å². The first kappa shape index (κ1) is 13.8. The van der Waals surface area contributed by atoms with E-state index in [0.29, 0.717) is 12.0 Å². The number of hydrogen-bond donors (Lipinski definition) is 2. The number of ether oxygens (including phenoxy) is 2. The van der Waals surface area contributed by atoms with Crippen LogP contribution in [0.5, 0.6) is 0 Å². The maximum atomic E-state index is 10.3. The fourth-order valence-electron chi connectivity index (χ4n) is 2.99. The van der Waals surface area contributed by atoms with Crippen LogP contribution in [0.1, 0.15) is 27.2 Å². The van der Waals surface area contributed by atoms with Crippen LogP contribution >= 0.6 is 0 Å². The van der Waals surface area contributed by atoms with E-state index in [1.54, 1.807) is 13.8 Å². The average molecular weight is 276 g/mol. The Kier molecular flexibility index (Phi) is 2.90. The smallest absolute Gasteiger partial charge is 0.130 e. The second-order valence-corrected chi connectivity index (χ2v) is 6.49. The van der Waals surface area contributed by atoms with Gasteiger partial charge in [-0.25, -0.2) is 0 Å². The molecule has 20 heavy (non-hydrogen) atoms. The minimum atomic E-state index is -0.926. The molecule has 1 aliphatic carbocycles. The van der Waals surface area contributed by atoms with E-state index < -0.39 is 17.3 Å². The van der Waals surface area contributed by atoms with Crippen LogP contribution < -0.4 is 0 Å². The fraction of sp³-hybridized carbons (Fsp3) is 0.625. The van der Waals surface area contributed by atoms with Gasteiger partial charge in [-0.15, -0.1) is 0 Å². The van der Waals surface area contributed by atoms with Gasteiger partial charge in [0.25, 0.3) is 0 Å². The molecule has 108 valence electrons. The Bertz CT molecular complexity index is 545. The third-order valence-corrected chi connectivity index (χ3v) is 4.21. The van der Waals surface area contributed by atoms with Crippen LogP contribution in [0.4, 0.5) is 0 Å². The molecule has 4 heteroatoms. The lowest BCUT2D eigenvalue weighted by molar-refractivity contribution is -0.0748. The molecule has 0 amide bonds. The van der Waals surface area contributed by atoms with E-state index in [1.165, 1.54) is 0 Å². The maximum absolute atomic E-state index is 10.3. The molecular weight excluding hydrogens is 256 g/mol. The molecule has 2 aliphatic heterocycles. The third kappa shape index (κ3) is 2.02. The van der Waals surface area contributed by atoms with Gasteiger partial charge in [0, 0.05) is 12.0 Å². The zero-order valence-electron chi connectivity index (χ0n) is 12.0. The quantitative estimate of drug-likeness (QED) is 0.552. The van der Waals surface area contributed by atoms with Crippen LogP contribution in [0.2, 0.25) is 0 Å². The summed E-state index contributed by atoms with van der Waals surface area (Å²) in [6.07, 6.45) is 0.883. The van der Waals surface area contributed by atoms with Gasteiger partial charge in [-0.2, -0.15) is 0 Å². The zero-order chi connectivity index (χ0) is 14.7. The summed E-state index contributed by atoms with van der Waals surface area (Å²) < 4.78 is 11.6. The summed E-state index contributed by atoms with van der Waals surface area (Å²) in [4.78, 5) is 0. The molecule has 5 atom stereocenters. The molecule has 2 saturated heterocycles. The summed E-state index contributed by atoms with van der Waals surface area (Å²) in [6, 6.07) is 0. The van der Waals surface area contributed by atoms with Crippen LogP contribution in [0.3, 0.4) is 0 Å². The average Bonchev–Trinajstić information content (AvgIpc) is 2.92. The normalized spacial score (nSPS) is 42.0. The molecule has 0 saturated carbocycles. The highest BCUT2D eigenvalue weighted by atomic mass is 16.7. The minimum absolute atomic E-state index is 0.248. The van der Waals surface area contributed by atoms with Crippen LogP contribution in [-0.4, -0.2) is 45.8 Å². The molecule has 3 aliphatic rings. The van der Waals surface area contributed by atoms with Crippen molar-refractivity contribution < 1.29 is 19.7 Å². The summed E-state index contributed by atoms with van der Waals surface area (Å²) in [7, 11) is 0. The van der Waals surface area contributed by atoms with E-state index in [4.69, 9.17) is 9.47 Å². The van der Waals surface area contributed by atoms with Crippen molar-refractivity contribution in [1.82, 2.24) is 0 Å². The topological polar surface area (TPSA) is 62.2 Å². The monoisotopic (exact) mass is 276 g/mol. The number of aliphatic hydroxyl groups excluding tert-OH is 1. The minimum Gasteiger partial charge on any atom is -0.388 e. The van der Waals surface area contributed by atoms with Crippen LogP contribution in [-0.2, 0) is 9.47 Å². The van der Waals surface area contributed by atoms with Gasteiger partial charge in [-0.05, 0) is 32.4 Å². The first-order valence-electron chi connectivity index (χ1n) is 6.87. The number of epoxide rings is 1. The number of aliphatic hydroxyl groups is 2. The highest BCUT2D eigenvalue weighted by Crippen LogP contribution is 2.56. The van der Waals surface area contributed by atoms with Gasteiger partial charge < -0.3 is 19.7 Å². The van der Waals surface area contributed by atoms with E-state index in [0.717, 1.165) is 5.57 Å². The summed E-state index contributed by atoms with van der Waals surface area (Å²) >= 11 is 0. The molecule has 4 nitrogen and oxygen atoms in total. The Morgan fingerprint density at radius 2 is 2.25 bits per heavy atom. The van der Waals surface area contributed by atoms with Crippen molar-refractivity contribution in [2.24, 2.45) is 0 Å². The summed E-state index contributed by atoms with van der Waals surface area (Å²) in [5.74, 6) is 5.80. The number of hydrogen-bond acceptors (Lipinski definition) is 4. The fourth-order valence-corrected chi connectivity index (χ4v) is 2.99. The molecule has 3 rings (SSSR count). The molecule has 2 N–H and O–H groups in total. The Balaban J connectivity index is 1.87. The summed E-state index contributed by atoms with van der Waals surface area (Å²) in [6.45, 7) is 9.00. The van der Waals surface area contributed by atoms with E-state index in [9.17, 15) is 10.2 Å². The predicted octanol–water partition coefficient (Wildman–Crippen LogP) is 0.933. The van der Waals surface area contributed by atoms with Crippen molar-refractivity contribution >= 4 is 0 Å². The Hall–Kier alpha value is -1.12. The van der Waals surface area contributed by atoms with Crippen LogP contribution in [0.25, 0.3) is 0 Å². The van der Waals surface area contributed by atoms with Crippen molar-refractivity contribution in [3.63, 3.8) is 0 Å². The Labute approximate surface area is 119 Å². The van der Waals surface area contributed by atoms with E-state index in [1.807, 2.05) is 13.0 Å². The lowest BCUT2D eigenvalue weighted by Gasteiger charge is -2.24. The lowest BCUT2D eigenvalue weighted by atomic mass is 9.82. The van der Waals surface area contributed by atoms with Gasteiger partial charge >= 0.3 is 0 Å². The van der Waals surface area contributed by atoms with Crippen molar-refractivity contribution in [1.29, 1.82) is 0 Å². The number of rotatable bonds is 1. The van der Waals surface area contributed by atoms with E-state index in [-0.39, 0.29) is 18.3 Å². The molecule has 0 aromatic carbocycles. The molecule has 2 fully saturated rings. The van der Waals surface area contributed by atoms with Gasteiger partial charge in [0.2, 0.25) is 0 Å². The van der Waals surface area contributed by atoms with Crippen LogP contribution in [0, 0.1) is 11.8 Å². The van der Waals surface area contributed by atoms with E-state index in [2.05, 4.69) is 18.4 Å². The van der Waals surface area contributed by atoms with Gasteiger partial charge in [0.15, 0.2) is 0 Å². The van der Waals surface area contributed by atoms with Gasteiger partial charge in [0.05, 0.1) is 11.7 Å². The largest absolute Gasteiger partial charge is 0.388 e. The number of allylic oxidation sites excluding steroid dienone is 1. The first-order valence-corrected chi connectivity index (χ1v) is 6.87. The zero-order valence-corrected chi connectivity index (χ0v) is 12.0. The highest BCUT2D eigenvalue weighted by Gasteiger charge is 2.71. The molecule has 0 aromatic rings. The third-order valence-electron chi connectivity index (χ3n) is 4.21. The van der Waals surface area contributed by atoms with Crippen molar-refractivity contribution in [2.75, 3.05) is 0 Å². The molecule has 0 unspecified atom stereocenters. The molecule has 1 spiro atoms. The van der Waals surface area contributed by atoms with Gasteiger partial charge in [-0.1, -0.05) is 18.4 Å². The Morgan fingerprint density at radius 1 is 1.55 bits per heavy atom. The summed E-state index contributed by atoms with van der Waals surface area (Å²) in [5.41, 5.74) is -0.0375. The molecule has 0 aromatic heterocycles.